The van der Waals surface area contributed by atoms with Gasteiger partial charge in [0.15, 0.2) is 0 Å². The molecule has 0 aliphatic heterocycles. The highest BCUT2D eigenvalue weighted by Gasteiger charge is 2.32. The average Bonchev–Trinajstić information content (AvgIpc) is 2.81. The third kappa shape index (κ3) is 13.7. The number of hydrogen-bond acceptors (Lipinski definition) is 8. The van der Waals surface area contributed by atoms with Gasteiger partial charge in [0.2, 0.25) is 23.6 Å². The summed E-state index contributed by atoms with van der Waals surface area (Å²) < 4.78 is 0. The molecule has 4 amide bonds. The Morgan fingerprint density at radius 2 is 1.03 bits per heavy atom. The standard InChI is InChI=1S/C25H49N7O6/c1-6-7-18(25(37)38)30-22(34)17(9-11-27)29-23(35)20(13-15(4)5)32-24(36)19(12-14(2)3)31-21(33)16(28)8-10-26/h14-20H,6-13,26-28H2,1-5H3,(H,29,35)(H,30,34)(H,31,33)(H,32,36)(H,37,38)/t16-,17-,18-,19+,20-/m0/s1. The predicted molar refractivity (Wildman–Crippen MR) is 144 cm³/mol. The Bertz CT molecular complexity index is 777. The van der Waals surface area contributed by atoms with Crippen LogP contribution in [0.15, 0.2) is 0 Å². The van der Waals surface area contributed by atoms with Crippen molar-refractivity contribution in [3.05, 3.63) is 0 Å². The fraction of sp³-hybridized carbons (Fsp3) is 0.800. The van der Waals surface area contributed by atoms with Crippen molar-refractivity contribution in [1.29, 1.82) is 0 Å². The molecule has 220 valence electrons. The zero-order valence-corrected chi connectivity index (χ0v) is 23.4. The summed E-state index contributed by atoms with van der Waals surface area (Å²) in [6.07, 6.45) is 1.68. The zero-order valence-electron chi connectivity index (χ0n) is 23.4. The summed E-state index contributed by atoms with van der Waals surface area (Å²) in [5.74, 6) is -3.47. The van der Waals surface area contributed by atoms with Gasteiger partial charge in [-0.3, -0.25) is 19.2 Å². The molecule has 13 nitrogen and oxygen atoms in total. The maximum Gasteiger partial charge on any atom is 0.326 e. The van der Waals surface area contributed by atoms with E-state index in [2.05, 4.69) is 21.3 Å². The van der Waals surface area contributed by atoms with Crippen LogP contribution in [0.3, 0.4) is 0 Å². The van der Waals surface area contributed by atoms with E-state index in [0.29, 0.717) is 12.8 Å². The summed E-state index contributed by atoms with van der Waals surface area (Å²) in [7, 11) is 0. The van der Waals surface area contributed by atoms with Gasteiger partial charge in [-0.05, 0) is 57.0 Å². The van der Waals surface area contributed by atoms with Gasteiger partial charge >= 0.3 is 5.97 Å². The van der Waals surface area contributed by atoms with Gasteiger partial charge in [0.05, 0.1) is 6.04 Å². The number of nitrogens with one attached hydrogen (secondary N) is 4. The average molecular weight is 544 g/mol. The molecule has 0 bridgehead atoms. The number of carboxylic acids is 1. The third-order valence-electron chi connectivity index (χ3n) is 5.77. The smallest absolute Gasteiger partial charge is 0.326 e. The third-order valence-corrected chi connectivity index (χ3v) is 5.77. The largest absolute Gasteiger partial charge is 0.480 e. The second-order valence-electron chi connectivity index (χ2n) is 10.4. The van der Waals surface area contributed by atoms with E-state index in [9.17, 15) is 29.1 Å². The minimum Gasteiger partial charge on any atom is -0.480 e. The van der Waals surface area contributed by atoms with Crippen LogP contribution in [0.1, 0.15) is 73.1 Å². The van der Waals surface area contributed by atoms with E-state index in [0.717, 1.165) is 0 Å². The van der Waals surface area contributed by atoms with E-state index < -0.39 is 59.8 Å². The van der Waals surface area contributed by atoms with Gasteiger partial charge in [0, 0.05) is 0 Å². The molecule has 38 heavy (non-hydrogen) atoms. The van der Waals surface area contributed by atoms with E-state index in [1.54, 1.807) is 6.92 Å². The molecule has 0 aromatic rings. The van der Waals surface area contributed by atoms with Crippen molar-refractivity contribution in [3.8, 4) is 0 Å². The molecule has 0 saturated carbocycles. The summed E-state index contributed by atoms with van der Waals surface area (Å²) >= 11 is 0. The number of aliphatic carboxylic acids is 1. The lowest BCUT2D eigenvalue weighted by molar-refractivity contribution is -0.142. The molecule has 0 aliphatic carbocycles. The van der Waals surface area contributed by atoms with E-state index in [-0.39, 0.29) is 50.6 Å². The number of carbonyl (C=O) groups excluding carboxylic acids is 4. The molecule has 11 N–H and O–H groups in total. The first-order valence-corrected chi connectivity index (χ1v) is 13.4. The Hall–Kier alpha value is -2.77. The summed E-state index contributed by atoms with van der Waals surface area (Å²) in [5, 5.41) is 19.8. The van der Waals surface area contributed by atoms with Crippen LogP contribution in [0.4, 0.5) is 0 Å². The molecule has 0 fully saturated rings. The lowest BCUT2D eigenvalue weighted by Crippen LogP contribution is -2.59. The van der Waals surface area contributed by atoms with Crippen molar-refractivity contribution < 1.29 is 29.1 Å². The Morgan fingerprint density at radius 1 is 0.632 bits per heavy atom. The first-order valence-electron chi connectivity index (χ1n) is 13.4. The summed E-state index contributed by atoms with van der Waals surface area (Å²) in [6.45, 7) is 9.61. The molecular weight excluding hydrogens is 494 g/mol. The van der Waals surface area contributed by atoms with E-state index in [1.807, 2.05) is 27.7 Å². The minimum absolute atomic E-state index is 0.00453. The van der Waals surface area contributed by atoms with E-state index in [4.69, 9.17) is 17.2 Å². The quantitative estimate of drug-likeness (QED) is 0.0989. The fourth-order valence-corrected chi connectivity index (χ4v) is 3.79. The molecule has 0 heterocycles. The number of carbonyl (C=O) groups is 5. The van der Waals surface area contributed by atoms with Gasteiger partial charge in [-0.15, -0.1) is 0 Å². The normalized spacial score (nSPS) is 15.2. The Labute approximate surface area is 225 Å². The molecule has 0 aromatic carbocycles. The van der Waals surface area contributed by atoms with Crippen molar-refractivity contribution in [2.24, 2.45) is 29.0 Å². The lowest BCUT2D eigenvalue weighted by Gasteiger charge is -2.27. The number of rotatable bonds is 19. The van der Waals surface area contributed by atoms with Gasteiger partial charge in [0.25, 0.3) is 0 Å². The topological polar surface area (TPSA) is 232 Å². The summed E-state index contributed by atoms with van der Waals surface area (Å²) in [5.41, 5.74) is 16.9. The Kier molecular flexibility index (Phi) is 17.1. The first-order chi connectivity index (χ1) is 17.8. The second-order valence-corrected chi connectivity index (χ2v) is 10.4. The van der Waals surface area contributed by atoms with Crippen molar-refractivity contribution in [1.82, 2.24) is 21.3 Å². The fourth-order valence-electron chi connectivity index (χ4n) is 3.79. The van der Waals surface area contributed by atoms with Gasteiger partial charge in [-0.25, -0.2) is 4.79 Å². The van der Waals surface area contributed by atoms with Crippen LogP contribution < -0.4 is 38.5 Å². The number of nitrogens with two attached hydrogens (primary N) is 3. The lowest BCUT2D eigenvalue weighted by atomic mass is 9.99. The maximum atomic E-state index is 13.2. The molecule has 0 unspecified atom stereocenters. The minimum atomic E-state index is -1.17. The molecular formula is C25H49N7O6. The summed E-state index contributed by atoms with van der Waals surface area (Å²) in [4.78, 5) is 63.1. The van der Waals surface area contributed by atoms with Crippen molar-refractivity contribution in [2.75, 3.05) is 13.1 Å². The predicted octanol–water partition coefficient (Wildman–Crippen LogP) is -1.07. The number of amides is 4. The van der Waals surface area contributed by atoms with E-state index >= 15 is 0 Å². The maximum absolute atomic E-state index is 13.2. The van der Waals surface area contributed by atoms with Gasteiger partial charge < -0.3 is 43.6 Å². The first kappa shape index (κ1) is 35.2. The highest BCUT2D eigenvalue weighted by Crippen LogP contribution is 2.10. The van der Waals surface area contributed by atoms with Gasteiger partial charge in [0.1, 0.15) is 24.2 Å². The SMILES string of the molecule is CCC[C@H](NC(=O)[C@H](CCN)NC(=O)[C@H](CC(C)C)NC(=O)[C@@H](CC(C)C)NC(=O)[C@@H](N)CCN)C(=O)O. The number of hydrogen-bond donors (Lipinski definition) is 8. The molecule has 0 aromatic heterocycles. The van der Waals surface area contributed by atoms with E-state index in [1.165, 1.54) is 0 Å². The zero-order chi connectivity index (χ0) is 29.4. The van der Waals surface area contributed by atoms with Crippen LogP contribution in [0, 0.1) is 11.8 Å². The van der Waals surface area contributed by atoms with Crippen LogP contribution in [-0.4, -0.2) is 78.0 Å². The van der Waals surface area contributed by atoms with Crippen LogP contribution in [-0.2, 0) is 24.0 Å². The van der Waals surface area contributed by atoms with Crippen LogP contribution in [0.2, 0.25) is 0 Å². The highest BCUT2D eigenvalue weighted by atomic mass is 16.4. The van der Waals surface area contributed by atoms with Crippen LogP contribution in [0.25, 0.3) is 0 Å². The van der Waals surface area contributed by atoms with Crippen molar-refractivity contribution in [2.45, 2.75) is 103 Å². The molecule has 0 rings (SSSR count). The molecule has 5 atom stereocenters. The number of carboxylic acid groups (broad SMARTS) is 1. The second kappa shape index (κ2) is 18.5. The summed E-state index contributed by atoms with van der Waals surface area (Å²) in [6, 6.07) is -4.98. The van der Waals surface area contributed by atoms with Gasteiger partial charge in [-0.2, -0.15) is 0 Å². The Balaban J connectivity index is 5.68. The Morgan fingerprint density at radius 3 is 1.42 bits per heavy atom. The molecule has 0 aliphatic rings. The van der Waals surface area contributed by atoms with Crippen molar-refractivity contribution >= 4 is 29.6 Å². The van der Waals surface area contributed by atoms with Gasteiger partial charge in [-0.1, -0.05) is 41.0 Å². The molecule has 13 heteroatoms. The monoisotopic (exact) mass is 543 g/mol. The van der Waals surface area contributed by atoms with Crippen LogP contribution in [0.5, 0.6) is 0 Å². The molecule has 0 saturated heterocycles. The highest BCUT2D eigenvalue weighted by molar-refractivity contribution is 5.95. The molecule has 0 radical (unpaired) electrons. The van der Waals surface area contributed by atoms with Crippen molar-refractivity contribution in [3.63, 3.8) is 0 Å². The molecule has 0 spiro atoms. The van der Waals surface area contributed by atoms with Crippen LogP contribution >= 0.6 is 0 Å².